The van der Waals surface area contributed by atoms with Crippen LogP contribution in [0.2, 0.25) is 0 Å². The number of hydrogen-bond acceptors (Lipinski definition) is 6. The fraction of sp³-hybridized carbons (Fsp3) is 0.636. The van der Waals surface area contributed by atoms with E-state index < -0.39 is 6.04 Å². The summed E-state index contributed by atoms with van der Waals surface area (Å²) >= 11 is 7.20. The van der Waals surface area contributed by atoms with Crippen LogP contribution in [0, 0.1) is 0 Å². The molecule has 0 bridgehead atoms. The van der Waals surface area contributed by atoms with Gasteiger partial charge in [0.2, 0.25) is 23.6 Å². The third-order valence-electron chi connectivity index (χ3n) is 3.82. The average molecular weight is 642 g/mol. The molecule has 136 valence electrons. The number of amides is 4. The van der Waals surface area contributed by atoms with Crippen LogP contribution in [0.1, 0.15) is 19.8 Å². The van der Waals surface area contributed by atoms with Crippen molar-refractivity contribution in [3.8, 4) is 0 Å². The molecule has 2 aliphatic heterocycles. The molecule has 0 aromatic carbocycles. The Kier molecular flexibility index (Phi) is 8.87. The minimum atomic E-state index is -0.508. The van der Waals surface area contributed by atoms with E-state index in [4.69, 9.17) is 0 Å². The van der Waals surface area contributed by atoms with Gasteiger partial charge in [-0.25, -0.2) is 0 Å². The number of carbonyl (C=O) groups excluding carboxylic acids is 4. The monoisotopic (exact) mass is 642 g/mol. The van der Waals surface area contributed by atoms with Gasteiger partial charge in [-0.2, -0.15) is 23.2 Å². The number of nitrogens with zero attached hydrogens (tertiary/aromatic N) is 2. The summed E-state index contributed by atoms with van der Waals surface area (Å²) in [6.45, 7) is 1.78. The first kappa shape index (κ1) is 22.7. The van der Waals surface area contributed by atoms with E-state index >= 15 is 0 Å². The average Bonchev–Trinajstić information content (AvgIpc) is 2.89. The van der Waals surface area contributed by atoms with Gasteiger partial charge in [0.25, 0.3) is 0 Å². The third-order valence-corrected chi connectivity index (χ3v) is 8.44. The highest BCUT2D eigenvalue weighted by atomic mass is 127. The molecule has 6 nitrogen and oxygen atoms in total. The van der Waals surface area contributed by atoms with Crippen LogP contribution >= 0.6 is 86.2 Å². The lowest BCUT2D eigenvalue weighted by molar-refractivity contribution is -0.146. The van der Waals surface area contributed by atoms with Gasteiger partial charge >= 0.3 is 7.13 Å². The molecule has 2 saturated heterocycles. The van der Waals surface area contributed by atoms with Crippen molar-refractivity contribution in [2.75, 3.05) is 6.54 Å². The minimum absolute atomic E-state index is 0.0703. The zero-order valence-corrected chi connectivity index (χ0v) is 21.5. The van der Waals surface area contributed by atoms with Crippen LogP contribution in [0.15, 0.2) is 0 Å². The molecule has 4 amide bonds. The molecule has 0 aromatic rings. The van der Waals surface area contributed by atoms with Gasteiger partial charge in [0.1, 0.15) is 0 Å². The first-order valence-corrected chi connectivity index (χ1v) is 13.1. The molecule has 0 spiro atoms. The molecule has 0 aromatic heterocycles. The SMILES string of the molecule is CC(CN1C(=O)CC(SB(P)I)C1=O)N1C(=O)CC(SB(P)I)C1=O. The summed E-state index contributed by atoms with van der Waals surface area (Å²) in [5.74, 6) is -0.930. The number of rotatable bonds is 7. The molecule has 14 heteroatoms. The van der Waals surface area contributed by atoms with Crippen LogP contribution in [0.5, 0.6) is 0 Å². The second-order valence-corrected chi connectivity index (χ2v) is 17.7. The van der Waals surface area contributed by atoms with Gasteiger partial charge in [-0.05, 0) is 6.92 Å². The zero-order valence-electron chi connectivity index (χ0n) is 13.3. The lowest BCUT2D eigenvalue weighted by Gasteiger charge is -2.27. The van der Waals surface area contributed by atoms with E-state index in [9.17, 15) is 19.2 Å². The Morgan fingerprint density at radius 3 is 2.04 bits per heavy atom. The van der Waals surface area contributed by atoms with E-state index in [0.717, 1.165) is 0 Å². The van der Waals surface area contributed by atoms with Crippen LogP contribution in [0.25, 0.3) is 0 Å². The quantitative estimate of drug-likeness (QED) is 0.183. The Morgan fingerprint density at radius 2 is 1.52 bits per heavy atom. The second-order valence-electron chi connectivity index (χ2n) is 5.65. The summed E-state index contributed by atoms with van der Waals surface area (Å²) < 4.78 is 0.284. The van der Waals surface area contributed by atoms with E-state index in [1.165, 1.54) is 33.0 Å². The van der Waals surface area contributed by atoms with Crippen LogP contribution in [0.4, 0.5) is 0 Å². The summed E-state index contributed by atoms with van der Waals surface area (Å²) in [5, 5.41) is -0.774. The summed E-state index contributed by atoms with van der Waals surface area (Å²) in [7, 11) is 5.18. The molecule has 5 unspecified atom stereocenters. The lowest BCUT2D eigenvalue weighted by Crippen LogP contribution is -2.47. The van der Waals surface area contributed by atoms with Crippen LogP contribution < -0.4 is 0 Å². The third kappa shape index (κ3) is 5.71. The fourth-order valence-corrected chi connectivity index (χ4v) is 7.65. The summed E-state index contributed by atoms with van der Waals surface area (Å²) in [4.78, 5) is 51.8. The van der Waals surface area contributed by atoms with Crippen molar-refractivity contribution in [3.63, 3.8) is 0 Å². The van der Waals surface area contributed by atoms with Gasteiger partial charge in [0, 0.05) is 19.4 Å². The van der Waals surface area contributed by atoms with Crippen molar-refractivity contribution in [1.29, 1.82) is 0 Å². The molecule has 5 atom stereocenters. The predicted molar refractivity (Wildman–Crippen MR) is 129 cm³/mol. The van der Waals surface area contributed by atoms with Gasteiger partial charge in [-0.3, -0.25) is 29.0 Å². The second kappa shape index (κ2) is 9.76. The molecule has 0 radical (unpaired) electrons. The maximum atomic E-state index is 12.5. The molecule has 0 N–H and O–H groups in total. The van der Waals surface area contributed by atoms with Crippen LogP contribution in [0.3, 0.4) is 0 Å². The van der Waals surface area contributed by atoms with Gasteiger partial charge in [0.05, 0.1) is 16.5 Å². The Hall–Kier alpha value is 1.43. The molecule has 2 aliphatic rings. The van der Waals surface area contributed by atoms with Crippen molar-refractivity contribution < 1.29 is 19.2 Å². The summed E-state index contributed by atoms with van der Waals surface area (Å²) in [6.07, 6.45) is 0.347. The standard InChI is InChI=1S/C11H16B2I2N2O4P2S2/c1-5(17-9(19)3-7(11(17)21)25-13(15)23)4-16-8(18)2-6(10(16)20)24-12(14)22/h5-7H,2-4,22-23H2,1H3. The van der Waals surface area contributed by atoms with Gasteiger partial charge in [-0.15, -0.1) is 63.0 Å². The molecule has 0 saturated carbocycles. The van der Waals surface area contributed by atoms with Crippen molar-refractivity contribution in [3.05, 3.63) is 0 Å². The van der Waals surface area contributed by atoms with Gasteiger partial charge in [0.15, 0.2) is 0 Å². The number of carbonyl (C=O) groups is 4. The zero-order chi connectivity index (χ0) is 18.9. The Balaban J connectivity index is 2.03. The van der Waals surface area contributed by atoms with E-state index in [1.807, 2.05) is 0 Å². The smallest absolute Gasteiger partial charge is 0.280 e. The van der Waals surface area contributed by atoms with Crippen LogP contribution in [-0.4, -0.2) is 63.6 Å². The number of hydrogen-bond donors (Lipinski definition) is 0. The first-order chi connectivity index (χ1) is 11.6. The van der Waals surface area contributed by atoms with Crippen molar-refractivity contribution in [2.24, 2.45) is 0 Å². The Labute approximate surface area is 187 Å². The Bertz CT molecular complexity index is 604. The molecule has 2 fully saturated rings. The topological polar surface area (TPSA) is 74.8 Å². The number of likely N-dealkylation sites (tertiary alicyclic amines) is 2. The Morgan fingerprint density at radius 1 is 1.04 bits per heavy atom. The highest BCUT2D eigenvalue weighted by molar-refractivity contribution is 14.1. The van der Waals surface area contributed by atoms with E-state index in [0.29, 0.717) is 0 Å². The number of imide groups is 2. The minimum Gasteiger partial charge on any atom is -0.280 e. The maximum absolute atomic E-state index is 12.5. The van der Waals surface area contributed by atoms with E-state index in [1.54, 1.807) is 6.92 Å². The molecule has 2 heterocycles. The van der Waals surface area contributed by atoms with Crippen molar-refractivity contribution >= 4 is 117 Å². The molecular formula is C11H16B2I2N2O4P2S2. The number of halogens is 2. The molecule has 25 heavy (non-hydrogen) atoms. The van der Waals surface area contributed by atoms with E-state index in [2.05, 4.69) is 63.0 Å². The highest BCUT2D eigenvalue weighted by Gasteiger charge is 2.45. The lowest BCUT2D eigenvalue weighted by atomic mass is 10.2. The summed E-state index contributed by atoms with van der Waals surface area (Å²) in [5.41, 5.74) is 0. The summed E-state index contributed by atoms with van der Waals surface area (Å²) in [6, 6.07) is -0.508. The molecular weight excluding hydrogens is 626 g/mol. The van der Waals surface area contributed by atoms with E-state index in [-0.39, 0.29) is 60.6 Å². The van der Waals surface area contributed by atoms with Crippen LogP contribution in [-0.2, 0) is 19.2 Å². The highest BCUT2D eigenvalue weighted by Crippen LogP contribution is 2.34. The van der Waals surface area contributed by atoms with Crippen molar-refractivity contribution in [1.82, 2.24) is 9.80 Å². The molecule has 2 rings (SSSR count). The van der Waals surface area contributed by atoms with Gasteiger partial charge in [-0.1, -0.05) is 0 Å². The van der Waals surface area contributed by atoms with Crippen molar-refractivity contribution in [2.45, 2.75) is 36.3 Å². The van der Waals surface area contributed by atoms with Gasteiger partial charge < -0.3 is 0 Å². The largest absolute Gasteiger partial charge is 0.303 e. The maximum Gasteiger partial charge on any atom is 0.303 e. The first-order valence-electron chi connectivity index (χ1n) is 7.42. The normalized spacial score (nSPS) is 25.2. The molecule has 0 aliphatic carbocycles. The fourth-order valence-electron chi connectivity index (χ4n) is 2.80. The predicted octanol–water partition coefficient (Wildman–Crippen LogP) is 1.69.